The Labute approximate surface area is 115 Å². The lowest BCUT2D eigenvalue weighted by Crippen LogP contribution is -2.38. The van der Waals surface area contributed by atoms with Crippen LogP contribution in [0.1, 0.15) is 30.9 Å². The molecule has 2 nitrogen and oxygen atoms in total. The first kappa shape index (κ1) is 12.9. The quantitative estimate of drug-likeness (QED) is 0.900. The van der Waals surface area contributed by atoms with Gasteiger partial charge in [0.25, 0.3) is 0 Å². The van der Waals surface area contributed by atoms with Crippen molar-refractivity contribution < 1.29 is 5.11 Å². The number of fused-ring (bicyclic) bond motifs is 1. The summed E-state index contributed by atoms with van der Waals surface area (Å²) in [7, 11) is 0. The van der Waals surface area contributed by atoms with Crippen molar-refractivity contribution in [3.05, 3.63) is 41.5 Å². The van der Waals surface area contributed by atoms with E-state index in [2.05, 4.69) is 35.2 Å². The molecular weight excluding hydrogens is 234 g/mol. The molecule has 1 aromatic rings. The van der Waals surface area contributed by atoms with Gasteiger partial charge in [-0.05, 0) is 61.9 Å². The first-order valence-corrected chi connectivity index (χ1v) is 7.43. The van der Waals surface area contributed by atoms with E-state index in [0.717, 1.165) is 26.1 Å². The summed E-state index contributed by atoms with van der Waals surface area (Å²) in [6.45, 7) is 4.94. The standard InChI is InChI=1S/C17H23NO/c1-13(19)12-18-10-8-15(9-11-18)17-7-6-14-4-2-3-5-16(14)17/h2-5,7,13,15,19H,6,8-12H2,1H3. The molecule has 0 bridgehead atoms. The van der Waals surface area contributed by atoms with Crippen LogP contribution in [0.2, 0.25) is 0 Å². The second-order valence-electron chi connectivity index (χ2n) is 5.94. The molecule has 1 aromatic carbocycles. The third-order valence-corrected chi connectivity index (χ3v) is 4.42. The third kappa shape index (κ3) is 2.75. The number of aliphatic hydroxyl groups excluding tert-OH is 1. The molecular formula is C17H23NO. The summed E-state index contributed by atoms with van der Waals surface area (Å²) >= 11 is 0. The minimum absolute atomic E-state index is 0.206. The van der Waals surface area contributed by atoms with Crippen LogP contribution in [0.4, 0.5) is 0 Å². The number of hydrogen-bond acceptors (Lipinski definition) is 2. The van der Waals surface area contributed by atoms with Gasteiger partial charge in [0.1, 0.15) is 0 Å². The molecule has 102 valence electrons. The Morgan fingerprint density at radius 3 is 2.74 bits per heavy atom. The van der Waals surface area contributed by atoms with E-state index in [1.54, 1.807) is 5.57 Å². The van der Waals surface area contributed by atoms with Gasteiger partial charge in [-0.15, -0.1) is 0 Å². The smallest absolute Gasteiger partial charge is 0.0639 e. The summed E-state index contributed by atoms with van der Waals surface area (Å²) < 4.78 is 0. The van der Waals surface area contributed by atoms with Gasteiger partial charge in [0.2, 0.25) is 0 Å². The summed E-state index contributed by atoms with van der Waals surface area (Å²) in [4.78, 5) is 2.39. The maximum atomic E-state index is 9.46. The Kier molecular flexibility index (Phi) is 3.72. The normalized spacial score (nSPS) is 22.1. The van der Waals surface area contributed by atoms with Crippen LogP contribution in [-0.2, 0) is 6.42 Å². The third-order valence-electron chi connectivity index (χ3n) is 4.42. The molecule has 1 unspecified atom stereocenters. The summed E-state index contributed by atoms with van der Waals surface area (Å²) in [6, 6.07) is 8.82. The fourth-order valence-electron chi connectivity index (χ4n) is 3.50. The highest BCUT2D eigenvalue weighted by molar-refractivity contribution is 5.74. The molecule has 0 radical (unpaired) electrons. The Balaban J connectivity index is 1.64. The van der Waals surface area contributed by atoms with Crippen molar-refractivity contribution in [2.75, 3.05) is 19.6 Å². The van der Waals surface area contributed by atoms with Gasteiger partial charge >= 0.3 is 0 Å². The Morgan fingerprint density at radius 2 is 2.00 bits per heavy atom. The molecule has 0 saturated carbocycles. The zero-order chi connectivity index (χ0) is 13.2. The van der Waals surface area contributed by atoms with Gasteiger partial charge in [0, 0.05) is 6.54 Å². The number of nitrogens with zero attached hydrogens (tertiary/aromatic N) is 1. The molecule has 1 aliphatic heterocycles. The highest BCUT2D eigenvalue weighted by atomic mass is 16.3. The van der Waals surface area contributed by atoms with Crippen LogP contribution in [0, 0.1) is 5.92 Å². The molecule has 0 spiro atoms. The van der Waals surface area contributed by atoms with Crippen LogP contribution in [0.5, 0.6) is 0 Å². The Hall–Kier alpha value is -1.12. The molecule has 0 aromatic heterocycles. The van der Waals surface area contributed by atoms with Gasteiger partial charge in [-0.25, -0.2) is 0 Å². The zero-order valence-electron chi connectivity index (χ0n) is 11.7. The average Bonchev–Trinajstić information content (AvgIpc) is 2.83. The first-order valence-electron chi connectivity index (χ1n) is 7.43. The molecule has 1 atom stereocenters. The van der Waals surface area contributed by atoms with Crippen LogP contribution in [0.15, 0.2) is 30.3 Å². The van der Waals surface area contributed by atoms with E-state index in [9.17, 15) is 5.11 Å². The largest absolute Gasteiger partial charge is 0.392 e. The van der Waals surface area contributed by atoms with E-state index < -0.39 is 0 Å². The van der Waals surface area contributed by atoms with E-state index >= 15 is 0 Å². The van der Waals surface area contributed by atoms with Gasteiger partial charge in [-0.3, -0.25) is 0 Å². The minimum atomic E-state index is -0.206. The maximum absolute atomic E-state index is 9.46. The lowest BCUT2D eigenvalue weighted by molar-refractivity contribution is 0.107. The molecule has 3 rings (SSSR count). The van der Waals surface area contributed by atoms with Crippen molar-refractivity contribution in [1.82, 2.24) is 4.90 Å². The van der Waals surface area contributed by atoms with Crippen LogP contribution < -0.4 is 0 Å². The molecule has 19 heavy (non-hydrogen) atoms. The Bertz CT molecular complexity index is 470. The van der Waals surface area contributed by atoms with Gasteiger partial charge in [0.05, 0.1) is 6.10 Å². The van der Waals surface area contributed by atoms with Gasteiger partial charge in [0.15, 0.2) is 0 Å². The topological polar surface area (TPSA) is 23.5 Å². The second kappa shape index (κ2) is 5.48. The number of piperidine rings is 1. The number of hydrogen-bond donors (Lipinski definition) is 1. The summed E-state index contributed by atoms with van der Waals surface area (Å²) in [5.41, 5.74) is 4.55. The average molecular weight is 257 g/mol. The van der Waals surface area contributed by atoms with E-state index in [4.69, 9.17) is 0 Å². The van der Waals surface area contributed by atoms with Crippen molar-refractivity contribution in [3.8, 4) is 0 Å². The van der Waals surface area contributed by atoms with Crippen molar-refractivity contribution >= 4 is 5.57 Å². The SMILES string of the molecule is CC(O)CN1CCC(C2=CCc3ccccc32)CC1. The summed E-state index contributed by atoms with van der Waals surface area (Å²) in [6.07, 6.45) is 5.79. The van der Waals surface area contributed by atoms with Crippen molar-refractivity contribution in [3.63, 3.8) is 0 Å². The van der Waals surface area contributed by atoms with Crippen LogP contribution >= 0.6 is 0 Å². The van der Waals surface area contributed by atoms with E-state index in [1.807, 2.05) is 6.92 Å². The lowest BCUT2D eigenvalue weighted by atomic mass is 9.86. The van der Waals surface area contributed by atoms with E-state index in [-0.39, 0.29) is 6.10 Å². The highest BCUT2D eigenvalue weighted by Gasteiger charge is 2.26. The number of aliphatic hydroxyl groups is 1. The van der Waals surface area contributed by atoms with Crippen molar-refractivity contribution in [2.24, 2.45) is 5.92 Å². The number of β-amino-alcohol motifs (C(OH)–C–C–N with tert-alkyl or cyclic N) is 1. The Morgan fingerprint density at radius 1 is 1.26 bits per heavy atom. The van der Waals surface area contributed by atoms with Gasteiger partial charge < -0.3 is 10.0 Å². The molecule has 1 heterocycles. The van der Waals surface area contributed by atoms with Gasteiger partial charge in [-0.1, -0.05) is 30.3 Å². The number of likely N-dealkylation sites (tertiary alicyclic amines) is 1. The predicted octanol–water partition coefficient (Wildman–Crippen LogP) is 2.72. The zero-order valence-corrected chi connectivity index (χ0v) is 11.7. The lowest BCUT2D eigenvalue weighted by Gasteiger charge is -2.33. The molecule has 1 fully saturated rings. The first-order chi connectivity index (χ1) is 9.24. The number of rotatable bonds is 3. The van der Waals surface area contributed by atoms with E-state index in [0.29, 0.717) is 5.92 Å². The monoisotopic (exact) mass is 257 g/mol. The summed E-state index contributed by atoms with van der Waals surface area (Å²) in [5, 5.41) is 9.46. The van der Waals surface area contributed by atoms with Crippen LogP contribution in [-0.4, -0.2) is 35.7 Å². The van der Waals surface area contributed by atoms with Crippen LogP contribution in [0.3, 0.4) is 0 Å². The molecule has 2 heteroatoms. The van der Waals surface area contributed by atoms with Crippen molar-refractivity contribution in [2.45, 2.75) is 32.3 Å². The highest BCUT2D eigenvalue weighted by Crippen LogP contribution is 2.37. The number of allylic oxidation sites excluding steroid dienone is 2. The van der Waals surface area contributed by atoms with Gasteiger partial charge in [-0.2, -0.15) is 0 Å². The molecule has 1 aliphatic carbocycles. The second-order valence-corrected chi connectivity index (χ2v) is 5.94. The number of benzene rings is 1. The molecule has 2 aliphatic rings. The predicted molar refractivity (Wildman–Crippen MR) is 79.0 cm³/mol. The van der Waals surface area contributed by atoms with Crippen LogP contribution in [0.25, 0.3) is 5.57 Å². The fraction of sp³-hybridized carbons (Fsp3) is 0.529. The van der Waals surface area contributed by atoms with E-state index in [1.165, 1.54) is 24.0 Å². The minimum Gasteiger partial charge on any atom is -0.392 e. The molecule has 0 amide bonds. The summed E-state index contributed by atoms with van der Waals surface area (Å²) in [5.74, 6) is 0.717. The molecule has 1 N–H and O–H groups in total. The fourth-order valence-corrected chi connectivity index (χ4v) is 3.50. The van der Waals surface area contributed by atoms with Crippen molar-refractivity contribution in [1.29, 1.82) is 0 Å². The maximum Gasteiger partial charge on any atom is 0.0639 e. The molecule has 1 saturated heterocycles.